The second kappa shape index (κ2) is 28.0. The van der Waals surface area contributed by atoms with Gasteiger partial charge >= 0.3 is 29.9 Å². The first-order chi connectivity index (χ1) is 32.3. The molecule has 3 aromatic rings. The van der Waals surface area contributed by atoms with E-state index in [1.54, 1.807) is 67.8 Å². The first kappa shape index (κ1) is 52.4. The second-order valence-corrected chi connectivity index (χ2v) is 15.7. The zero-order chi connectivity index (χ0) is 48.6. The number of carbonyl (C=O) groups excluding carboxylic acids is 7. The number of amides is 5. The minimum absolute atomic E-state index is 0.0218. The summed E-state index contributed by atoms with van der Waals surface area (Å²) < 4.78 is 27.3. The van der Waals surface area contributed by atoms with Crippen molar-refractivity contribution in [3.8, 4) is 17.2 Å². The van der Waals surface area contributed by atoms with Crippen LogP contribution in [0.3, 0.4) is 0 Å². The molecule has 0 aromatic heterocycles. The number of carbonyl (C=O) groups is 8. The van der Waals surface area contributed by atoms with Crippen LogP contribution in [0.1, 0.15) is 106 Å². The molecule has 19 nitrogen and oxygen atoms in total. The summed E-state index contributed by atoms with van der Waals surface area (Å²) >= 11 is 0. The van der Waals surface area contributed by atoms with Crippen LogP contribution in [-0.2, 0) is 60.9 Å². The number of benzene rings is 3. The molecule has 1 heterocycles. The number of hydroxylamine groups is 2. The number of methoxy groups -OCH3 is 3. The van der Waals surface area contributed by atoms with Crippen molar-refractivity contribution >= 4 is 47.6 Å². The maximum atomic E-state index is 13.8. The molecule has 67 heavy (non-hydrogen) atoms. The van der Waals surface area contributed by atoms with E-state index in [1.165, 1.54) is 14.2 Å². The smallest absolute Gasteiger partial charge is 0.333 e. The van der Waals surface area contributed by atoms with Crippen molar-refractivity contribution in [3.63, 3.8) is 0 Å². The summed E-state index contributed by atoms with van der Waals surface area (Å²) in [5.74, 6) is -2.95. The summed E-state index contributed by atoms with van der Waals surface area (Å²) in [6.07, 6.45) is 2.16. The molecule has 1 aliphatic heterocycles. The van der Waals surface area contributed by atoms with Gasteiger partial charge in [-0.05, 0) is 91.6 Å². The summed E-state index contributed by atoms with van der Waals surface area (Å²) in [7, 11) is 4.59. The number of nitrogens with zero attached hydrogens (tertiary/aromatic N) is 1. The Bertz CT molecular complexity index is 2100. The Kier molecular flexibility index (Phi) is 21.9. The zero-order valence-corrected chi connectivity index (χ0v) is 38.1. The SMILES string of the molecule is COc1ccc(COC(=O)C(CCCCNC(=O)CCCCCCC(=O)ON2C(=O)CCC2=O)NC(=O)NC(CCC(=O)O)C(=O)OC(Cc2ccc(OC)cc2)c2ccc(OC)cc2)cc1. The normalized spacial score (nSPS) is 13.4. The first-order valence-electron chi connectivity index (χ1n) is 22.2. The fourth-order valence-corrected chi connectivity index (χ4v) is 6.85. The number of imide groups is 1. The number of hydrogen-bond acceptors (Lipinski definition) is 14. The van der Waals surface area contributed by atoms with E-state index in [1.807, 2.05) is 12.1 Å². The Morgan fingerprint density at radius 1 is 0.627 bits per heavy atom. The first-order valence-corrected chi connectivity index (χ1v) is 22.2. The van der Waals surface area contributed by atoms with Crippen LogP contribution in [0.5, 0.6) is 17.2 Å². The van der Waals surface area contributed by atoms with Gasteiger partial charge in [-0.15, -0.1) is 5.06 Å². The number of carboxylic acid groups (broad SMARTS) is 1. The van der Waals surface area contributed by atoms with Crippen LogP contribution in [0, 0.1) is 0 Å². The highest BCUT2D eigenvalue weighted by molar-refractivity contribution is 6.01. The van der Waals surface area contributed by atoms with E-state index in [0.717, 1.165) is 5.56 Å². The van der Waals surface area contributed by atoms with Gasteiger partial charge in [-0.25, -0.2) is 19.2 Å². The molecule has 0 bridgehead atoms. The number of nitrogens with one attached hydrogen (secondary N) is 3. The molecule has 4 N–H and O–H groups in total. The van der Waals surface area contributed by atoms with Gasteiger partial charge in [0.05, 0.1) is 21.3 Å². The molecule has 3 unspecified atom stereocenters. The quantitative estimate of drug-likeness (QED) is 0.0385. The number of esters is 2. The number of carboxylic acids is 1. The maximum Gasteiger partial charge on any atom is 0.333 e. The molecule has 1 saturated heterocycles. The van der Waals surface area contributed by atoms with Gasteiger partial charge in [0, 0.05) is 45.1 Å². The summed E-state index contributed by atoms with van der Waals surface area (Å²) in [6.45, 7) is 0.172. The molecule has 0 saturated carbocycles. The average Bonchev–Trinajstić information content (AvgIpc) is 3.64. The number of aliphatic carboxylic acids is 1. The van der Waals surface area contributed by atoms with Crippen molar-refractivity contribution in [2.24, 2.45) is 0 Å². The number of rotatable bonds is 29. The Morgan fingerprint density at radius 2 is 1.16 bits per heavy atom. The molecule has 0 spiro atoms. The summed E-state index contributed by atoms with van der Waals surface area (Å²) in [4.78, 5) is 105. The lowest BCUT2D eigenvalue weighted by molar-refractivity contribution is -0.197. The Hall–Kier alpha value is -7.18. The van der Waals surface area contributed by atoms with Crippen molar-refractivity contribution in [2.75, 3.05) is 27.9 Å². The van der Waals surface area contributed by atoms with Gasteiger partial charge in [-0.2, -0.15) is 0 Å². The van der Waals surface area contributed by atoms with Gasteiger partial charge in [0.25, 0.3) is 11.8 Å². The van der Waals surface area contributed by atoms with Gasteiger partial charge in [0.15, 0.2) is 0 Å². The number of urea groups is 1. The van der Waals surface area contributed by atoms with Gasteiger partial charge < -0.3 is 49.6 Å². The highest BCUT2D eigenvalue weighted by Gasteiger charge is 2.33. The molecule has 0 radical (unpaired) electrons. The molecule has 362 valence electrons. The average molecular weight is 933 g/mol. The highest BCUT2D eigenvalue weighted by Crippen LogP contribution is 2.27. The molecular formula is C48H60N4O15. The van der Waals surface area contributed by atoms with Crippen LogP contribution in [0.2, 0.25) is 0 Å². The lowest BCUT2D eigenvalue weighted by atomic mass is 10.0. The monoisotopic (exact) mass is 932 g/mol. The largest absolute Gasteiger partial charge is 0.497 e. The maximum absolute atomic E-state index is 13.8. The molecule has 19 heteroatoms. The standard InChI is InChI=1S/C48H60N4O15/c1-62-35-19-13-32(14-20-35)30-40(34-17-23-37(64-3)24-18-34)66-47(60)39(25-28-44(56)57)51-48(61)50-38(46(59)65-31-33-15-21-36(63-2)22-16-33)10-8-9-29-49-41(53)11-6-4-5-7-12-45(58)67-52-42(54)26-27-43(52)55/h13-24,38-40H,4-12,25-31H2,1-3H3,(H,49,53)(H,56,57)(H2,50,51,61). The van der Waals surface area contributed by atoms with Crippen molar-refractivity contribution in [2.45, 2.75) is 115 Å². The minimum Gasteiger partial charge on any atom is -0.497 e. The topological polar surface area (TPSA) is 251 Å². The molecule has 3 atom stereocenters. The van der Waals surface area contributed by atoms with E-state index in [4.69, 9.17) is 28.5 Å². The van der Waals surface area contributed by atoms with Gasteiger partial charge in [0.2, 0.25) is 5.91 Å². The molecule has 0 aliphatic carbocycles. The fraction of sp³-hybridized carbons (Fsp3) is 0.458. The third kappa shape index (κ3) is 18.7. The van der Waals surface area contributed by atoms with Gasteiger partial charge in [-0.3, -0.25) is 19.2 Å². The van der Waals surface area contributed by atoms with E-state index in [-0.39, 0.29) is 64.0 Å². The lowest BCUT2D eigenvalue weighted by Crippen LogP contribution is -2.52. The predicted molar refractivity (Wildman–Crippen MR) is 239 cm³/mol. The van der Waals surface area contributed by atoms with E-state index < -0.39 is 66.3 Å². The Balaban J connectivity index is 1.32. The second-order valence-electron chi connectivity index (χ2n) is 15.7. The van der Waals surface area contributed by atoms with E-state index in [2.05, 4.69) is 16.0 Å². The van der Waals surface area contributed by atoms with Gasteiger partial charge in [0.1, 0.15) is 42.0 Å². The Labute approximate surface area is 389 Å². The van der Waals surface area contributed by atoms with Gasteiger partial charge in [-0.1, -0.05) is 49.2 Å². The number of hydrogen-bond donors (Lipinski definition) is 4. The molecule has 3 aromatic carbocycles. The predicted octanol–water partition coefficient (Wildman–Crippen LogP) is 5.42. The van der Waals surface area contributed by atoms with Crippen LogP contribution >= 0.6 is 0 Å². The van der Waals surface area contributed by atoms with Crippen LogP contribution in [0.4, 0.5) is 4.79 Å². The summed E-state index contributed by atoms with van der Waals surface area (Å²) in [5.41, 5.74) is 2.09. The molecular weight excluding hydrogens is 873 g/mol. The molecule has 5 amide bonds. The van der Waals surface area contributed by atoms with Crippen molar-refractivity contribution in [3.05, 3.63) is 89.5 Å². The molecule has 1 aliphatic rings. The van der Waals surface area contributed by atoms with E-state index in [9.17, 15) is 43.5 Å². The Morgan fingerprint density at radius 3 is 1.73 bits per heavy atom. The molecule has 4 rings (SSSR count). The van der Waals surface area contributed by atoms with Crippen LogP contribution in [0.25, 0.3) is 0 Å². The summed E-state index contributed by atoms with van der Waals surface area (Å²) in [6, 6.07) is 17.4. The number of unbranched alkanes of at least 4 members (excludes halogenated alkanes) is 4. The fourth-order valence-electron chi connectivity index (χ4n) is 6.85. The van der Waals surface area contributed by atoms with E-state index >= 15 is 0 Å². The van der Waals surface area contributed by atoms with E-state index in [0.29, 0.717) is 72.0 Å². The highest BCUT2D eigenvalue weighted by atomic mass is 16.7. The minimum atomic E-state index is -1.42. The van der Waals surface area contributed by atoms with Crippen LogP contribution in [0.15, 0.2) is 72.8 Å². The number of ether oxygens (including phenoxy) is 5. The third-order valence-electron chi connectivity index (χ3n) is 10.7. The van der Waals surface area contributed by atoms with Crippen molar-refractivity contribution in [1.82, 2.24) is 21.0 Å². The van der Waals surface area contributed by atoms with Crippen molar-refractivity contribution in [1.29, 1.82) is 0 Å². The lowest BCUT2D eigenvalue weighted by Gasteiger charge is -2.24. The van der Waals surface area contributed by atoms with Crippen LogP contribution in [-0.4, -0.2) is 97.8 Å². The summed E-state index contributed by atoms with van der Waals surface area (Å²) in [5, 5.41) is 18.0. The van der Waals surface area contributed by atoms with Crippen molar-refractivity contribution < 1.29 is 72.0 Å². The third-order valence-corrected chi connectivity index (χ3v) is 10.7. The molecule has 1 fully saturated rings. The van der Waals surface area contributed by atoms with Crippen LogP contribution < -0.4 is 30.2 Å². The zero-order valence-electron chi connectivity index (χ0n) is 38.1.